The fourth-order valence-corrected chi connectivity index (χ4v) is 2.90. The fourth-order valence-electron chi connectivity index (χ4n) is 2.90. The van der Waals surface area contributed by atoms with Crippen LogP contribution < -0.4 is 0 Å². The summed E-state index contributed by atoms with van der Waals surface area (Å²) in [7, 11) is 0. The van der Waals surface area contributed by atoms with Crippen LogP contribution >= 0.6 is 0 Å². The highest BCUT2D eigenvalue weighted by molar-refractivity contribution is 5.94. The molecular weight excluding hydrogens is 294 g/mol. The lowest BCUT2D eigenvalue weighted by Gasteiger charge is -2.23. The zero-order chi connectivity index (χ0) is 16.2. The number of amides is 1. The van der Waals surface area contributed by atoms with E-state index < -0.39 is 12.1 Å². The number of likely N-dealkylation sites (tertiary alicyclic amines) is 1. The summed E-state index contributed by atoms with van der Waals surface area (Å²) in [6.45, 7) is 3.10. The number of hydrogen-bond donors (Lipinski definition) is 0. The molecule has 1 atom stereocenters. The van der Waals surface area contributed by atoms with E-state index in [1.807, 2.05) is 18.2 Å². The minimum Gasteiger partial charge on any atom is -0.449 e. The average molecular weight is 315 g/mol. The van der Waals surface area contributed by atoms with Crippen LogP contribution in [0.15, 0.2) is 34.7 Å². The van der Waals surface area contributed by atoms with Gasteiger partial charge in [-0.05, 0) is 31.9 Å². The monoisotopic (exact) mass is 315 g/mol. The molecule has 1 fully saturated rings. The van der Waals surface area contributed by atoms with E-state index in [2.05, 4.69) is 0 Å². The van der Waals surface area contributed by atoms with Crippen molar-refractivity contribution in [3.8, 4) is 0 Å². The number of fused-ring (bicyclic) bond motifs is 1. The number of benzene rings is 1. The molecule has 1 aromatic heterocycles. The average Bonchev–Trinajstić information content (AvgIpc) is 2.81. The van der Waals surface area contributed by atoms with Gasteiger partial charge in [0.2, 0.25) is 5.76 Å². The standard InChI is InChI=1S/C18H21NO4/c1-13(17(20)19-10-6-2-3-7-11-19)22-18(21)16-12-14-8-4-5-9-15(14)23-16/h4-5,8-9,12-13H,2-3,6-7,10-11H2,1H3/t13-/m1/s1. The van der Waals surface area contributed by atoms with Crippen molar-refractivity contribution in [3.05, 3.63) is 36.1 Å². The number of para-hydroxylation sites is 1. The summed E-state index contributed by atoms with van der Waals surface area (Å²) in [6.07, 6.45) is 3.52. The third kappa shape index (κ3) is 3.55. The van der Waals surface area contributed by atoms with Crippen LogP contribution in [0.1, 0.15) is 43.2 Å². The maximum atomic E-state index is 12.4. The summed E-state index contributed by atoms with van der Waals surface area (Å²) in [5, 5.41) is 0.839. The number of esters is 1. The molecule has 1 amide bonds. The van der Waals surface area contributed by atoms with Gasteiger partial charge in [-0.1, -0.05) is 31.0 Å². The third-order valence-corrected chi connectivity index (χ3v) is 4.18. The van der Waals surface area contributed by atoms with Crippen LogP contribution in [0.25, 0.3) is 11.0 Å². The van der Waals surface area contributed by atoms with E-state index in [0.29, 0.717) is 5.58 Å². The molecule has 0 radical (unpaired) electrons. The molecule has 23 heavy (non-hydrogen) atoms. The number of nitrogens with zero attached hydrogens (tertiary/aromatic N) is 1. The SMILES string of the molecule is C[C@@H](OC(=O)c1cc2ccccc2o1)C(=O)N1CCCCCC1. The molecule has 0 bridgehead atoms. The molecule has 1 saturated heterocycles. The van der Waals surface area contributed by atoms with Gasteiger partial charge in [-0.3, -0.25) is 4.79 Å². The van der Waals surface area contributed by atoms with E-state index in [9.17, 15) is 9.59 Å². The van der Waals surface area contributed by atoms with Crippen molar-refractivity contribution in [2.45, 2.75) is 38.7 Å². The van der Waals surface area contributed by atoms with Gasteiger partial charge in [0.15, 0.2) is 6.10 Å². The minimum absolute atomic E-state index is 0.127. The van der Waals surface area contributed by atoms with Crippen molar-refractivity contribution in [2.75, 3.05) is 13.1 Å². The molecule has 2 heterocycles. The summed E-state index contributed by atoms with van der Waals surface area (Å²) in [4.78, 5) is 26.4. The lowest BCUT2D eigenvalue weighted by atomic mass is 10.2. The molecule has 1 aromatic carbocycles. The Hall–Kier alpha value is -2.30. The molecule has 2 aromatic rings. The molecule has 122 valence electrons. The quantitative estimate of drug-likeness (QED) is 0.815. The Kier molecular flexibility index (Phi) is 4.65. The first-order valence-corrected chi connectivity index (χ1v) is 8.13. The van der Waals surface area contributed by atoms with Crippen molar-refractivity contribution in [2.24, 2.45) is 0 Å². The molecule has 0 N–H and O–H groups in total. The molecule has 0 saturated carbocycles. The van der Waals surface area contributed by atoms with Crippen molar-refractivity contribution in [1.29, 1.82) is 0 Å². The Bertz CT molecular complexity index is 665. The highest BCUT2D eigenvalue weighted by atomic mass is 16.6. The zero-order valence-corrected chi connectivity index (χ0v) is 13.3. The van der Waals surface area contributed by atoms with Crippen molar-refractivity contribution >= 4 is 22.8 Å². The van der Waals surface area contributed by atoms with E-state index in [0.717, 1.165) is 44.2 Å². The molecule has 5 nitrogen and oxygen atoms in total. The van der Waals surface area contributed by atoms with E-state index in [1.165, 1.54) is 0 Å². The maximum Gasteiger partial charge on any atom is 0.375 e. The summed E-state index contributed by atoms with van der Waals surface area (Å²) >= 11 is 0. The molecule has 1 aliphatic rings. The second-order valence-corrected chi connectivity index (χ2v) is 5.94. The Morgan fingerprint density at radius 2 is 1.83 bits per heavy atom. The highest BCUT2D eigenvalue weighted by Crippen LogP contribution is 2.20. The molecule has 0 unspecified atom stereocenters. The molecule has 1 aliphatic heterocycles. The normalized spacial score (nSPS) is 16.8. The van der Waals surface area contributed by atoms with Gasteiger partial charge in [0.1, 0.15) is 5.58 Å². The summed E-state index contributed by atoms with van der Waals surface area (Å²) in [6, 6.07) is 9.01. The van der Waals surface area contributed by atoms with Gasteiger partial charge in [0.05, 0.1) is 0 Å². The van der Waals surface area contributed by atoms with Crippen molar-refractivity contribution < 1.29 is 18.7 Å². The zero-order valence-electron chi connectivity index (χ0n) is 13.3. The van der Waals surface area contributed by atoms with Gasteiger partial charge in [-0.25, -0.2) is 4.79 Å². The van der Waals surface area contributed by atoms with Crippen LogP contribution in [0.5, 0.6) is 0 Å². The Balaban J connectivity index is 1.65. The van der Waals surface area contributed by atoms with Gasteiger partial charge in [-0.2, -0.15) is 0 Å². The van der Waals surface area contributed by atoms with Crippen LogP contribution in [0.2, 0.25) is 0 Å². The Morgan fingerprint density at radius 1 is 1.13 bits per heavy atom. The number of carbonyl (C=O) groups excluding carboxylic acids is 2. The van der Waals surface area contributed by atoms with Crippen LogP contribution in [-0.4, -0.2) is 36.0 Å². The summed E-state index contributed by atoms with van der Waals surface area (Å²) < 4.78 is 10.8. The molecule has 0 spiro atoms. The largest absolute Gasteiger partial charge is 0.449 e. The maximum absolute atomic E-state index is 12.4. The van der Waals surface area contributed by atoms with Gasteiger partial charge in [-0.15, -0.1) is 0 Å². The Labute approximate surface area is 135 Å². The fraction of sp³-hybridized carbons (Fsp3) is 0.444. The van der Waals surface area contributed by atoms with Gasteiger partial charge < -0.3 is 14.1 Å². The summed E-state index contributed by atoms with van der Waals surface area (Å²) in [5.74, 6) is -0.602. The van der Waals surface area contributed by atoms with E-state index >= 15 is 0 Å². The molecule has 0 aliphatic carbocycles. The first-order valence-electron chi connectivity index (χ1n) is 8.13. The van der Waals surface area contributed by atoms with E-state index in [-0.39, 0.29) is 11.7 Å². The number of ether oxygens (including phenoxy) is 1. The van der Waals surface area contributed by atoms with Gasteiger partial charge >= 0.3 is 5.97 Å². The minimum atomic E-state index is -0.797. The van der Waals surface area contributed by atoms with Crippen molar-refractivity contribution in [1.82, 2.24) is 4.90 Å². The first-order chi connectivity index (χ1) is 11.1. The van der Waals surface area contributed by atoms with Crippen LogP contribution in [0, 0.1) is 0 Å². The van der Waals surface area contributed by atoms with Crippen LogP contribution in [0.4, 0.5) is 0 Å². The lowest BCUT2D eigenvalue weighted by molar-refractivity contribution is -0.139. The highest BCUT2D eigenvalue weighted by Gasteiger charge is 2.26. The van der Waals surface area contributed by atoms with Gasteiger partial charge in [0.25, 0.3) is 5.91 Å². The smallest absolute Gasteiger partial charge is 0.375 e. The molecule has 5 heteroatoms. The van der Waals surface area contributed by atoms with E-state index in [1.54, 1.807) is 24.0 Å². The molecular formula is C18H21NO4. The second kappa shape index (κ2) is 6.86. The predicted octanol–water partition coefficient (Wildman–Crippen LogP) is 3.38. The lowest BCUT2D eigenvalue weighted by Crippen LogP contribution is -2.40. The number of rotatable bonds is 3. The van der Waals surface area contributed by atoms with E-state index in [4.69, 9.17) is 9.15 Å². The Morgan fingerprint density at radius 3 is 2.52 bits per heavy atom. The summed E-state index contributed by atoms with van der Waals surface area (Å²) in [5.41, 5.74) is 0.631. The first kappa shape index (κ1) is 15.6. The number of furan rings is 1. The predicted molar refractivity (Wildman–Crippen MR) is 86.1 cm³/mol. The van der Waals surface area contributed by atoms with Crippen LogP contribution in [-0.2, 0) is 9.53 Å². The van der Waals surface area contributed by atoms with Gasteiger partial charge in [0, 0.05) is 18.5 Å². The third-order valence-electron chi connectivity index (χ3n) is 4.18. The topological polar surface area (TPSA) is 59.8 Å². The number of carbonyl (C=O) groups is 2. The molecule has 3 rings (SSSR count). The van der Waals surface area contributed by atoms with Crippen molar-refractivity contribution in [3.63, 3.8) is 0 Å². The van der Waals surface area contributed by atoms with Crippen LogP contribution in [0.3, 0.4) is 0 Å². The number of hydrogen-bond acceptors (Lipinski definition) is 4. The second-order valence-electron chi connectivity index (χ2n) is 5.94.